The van der Waals surface area contributed by atoms with Gasteiger partial charge in [-0.1, -0.05) is 0 Å². The lowest BCUT2D eigenvalue weighted by Gasteiger charge is -2.09. The first kappa shape index (κ1) is 17.8. The molecule has 0 fully saturated rings. The van der Waals surface area contributed by atoms with Gasteiger partial charge in [0.25, 0.3) is 15.6 Å². The Bertz CT molecular complexity index is 919. The van der Waals surface area contributed by atoms with Crippen LogP contribution in [0, 0.1) is 4.77 Å². The number of aromatic nitrogens is 2. The summed E-state index contributed by atoms with van der Waals surface area (Å²) in [6.45, 7) is 0. The molecule has 24 heavy (non-hydrogen) atoms. The number of methoxy groups -OCH3 is 1. The highest BCUT2D eigenvalue weighted by molar-refractivity contribution is 7.89. The van der Waals surface area contributed by atoms with Crippen LogP contribution in [0.3, 0.4) is 0 Å². The number of hydrogen-bond acceptors (Lipinski definition) is 6. The zero-order valence-corrected chi connectivity index (χ0v) is 14.1. The van der Waals surface area contributed by atoms with Crippen LogP contribution in [-0.2, 0) is 21.2 Å². The summed E-state index contributed by atoms with van der Waals surface area (Å²) in [6.07, 6.45) is -0.251. The van der Waals surface area contributed by atoms with E-state index in [1.54, 1.807) is 0 Å². The average molecular weight is 370 g/mol. The second kappa shape index (κ2) is 7.38. The number of rotatable bonds is 6. The van der Waals surface area contributed by atoms with Crippen molar-refractivity contribution in [2.75, 3.05) is 7.11 Å². The molecular weight excluding hydrogens is 356 g/mol. The van der Waals surface area contributed by atoms with Crippen molar-refractivity contribution in [1.82, 2.24) is 20.2 Å². The molecule has 0 aliphatic rings. The van der Waals surface area contributed by atoms with Crippen LogP contribution in [0.25, 0.3) is 0 Å². The normalized spacial score (nSPS) is 11.0. The summed E-state index contributed by atoms with van der Waals surface area (Å²) in [6, 6.07) is 6.79. The number of carbonyl (C=O) groups excluding carboxylic acids is 1. The molecule has 0 atom stereocenters. The first-order chi connectivity index (χ1) is 11.3. The third kappa shape index (κ3) is 4.75. The van der Waals surface area contributed by atoms with E-state index < -0.39 is 21.5 Å². The van der Waals surface area contributed by atoms with E-state index in [0.717, 1.165) is 6.07 Å². The predicted molar refractivity (Wildman–Crippen MR) is 87.4 cm³/mol. The molecular formula is C13H14N4O5S2. The van der Waals surface area contributed by atoms with Gasteiger partial charge >= 0.3 is 0 Å². The molecule has 0 aliphatic carbocycles. The van der Waals surface area contributed by atoms with Gasteiger partial charge in [0.2, 0.25) is 5.91 Å². The van der Waals surface area contributed by atoms with Gasteiger partial charge < -0.3 is 9.72 Å². The first-order valence-electron chi connectivity index (χ1n) is 6.57. The minimum atomic E-state index is -3.93. The summed E-state index contributed by atoms with van der Waals surface area (Å²) in [5, 5.41) is 0. The van der Waals surface area contributed by atoms with E-state index in [1.165, 1.54) is 31.4 Å². The van der Waals surface area contributed by atoms with Gasteiger partial charge in [-0.05, 0) is 36.5 Å². The van der Waals surface area contributed by atoms with Gasteiger partial charge in [-0.2, -0.15) is 0 Å². The predicted octanol–water partition coefficient (Wildman–Crippen LogP) is -0.00671. The van der Waals surface area contributed by atoms with Gasteiger partial charge in [0.05, 0.1) is 18.4 Å². The van der Waals surface area contributed by atoms with Crippen molar-refractivity contribution in [2.45, 2.75) is 11.3 Å². The van der Waals surface area contributed by atoms with Crippen LogP contribution in [0.2, 0.25) is 0 Å². The number of carbonyl (C=O) groups is 1. The van der Waals surface area contributed by atoms with Crippen LogP contribution in [0.15, 0.2) is 40.0 Å². The molecule has 1 heterocycles. The molecule has 1 aromatic heterocycles. The Labute approximate surface area is 142 Å². The zero-order valence-electron chi connectivity index (χ0n) is 12.5. The molecule has 0 unspecified atom stereocenters. The lowest BCUT2D eigenvalue weighted by atomic mass is 10.3. The van der Waals surface area contributed by atoms with Gasteiger partial charge in [-0.3, -0.25) is 20.0 Å². The van der Waals surface area contributed by atoms with E-state index in [4.69, 9.17) is 17.0 Å². The van der Waals surface area contributed by atoms with Gasteiger partial charge in [0.15, 0.2) is 4.77 Å². The number of H-pyrrole nitrogens is 2. The van der Waals surface area contributed by atoms with Crippen LogP contribution in [0.1, 0.15) is 5.69 Å². The molecule has 128 valence electrons. The number of amides is 1. The Morgan fingerprint density at radius 3 is 2.50 bits per heavy atom. The second-order valence-electron chi connectivity index (χ2n) is 4.62. The lowest BCUT2D eigenvalue weighted by molar-refractivity contribution is -0.120. The lowest BCUT2D eigenvalue weighted by Crippen LogP contribution is -2.42. The van der Waals surface area contributed by atoms with Crippen LogP contribution < -0.4 is 20.6 Å². The molecule has 0 radical (unpaired) electrons. The third-order valence-corrected chi connectivity index (χ3v) is 4.33. The van der Waals surface area contributed by atoms with E-state index >= 15 is 0 Å². The molecule has 0 aliphatic heterocycles. The molecule has 0 spiro atoms. The molecule has 2 rings (SSSR count). The summed E-state index contributed by atoms with van der Waals surface area (Å²) in [7, 11) is -2.46. The fourth-order valence-corrected chi connectivity index (χ4v) is 2.86. The Kier molecular flexibility index (Phi) is 5.49. The van der Waals surface area contributed by atoms with E-state index in [1.807, 2.05) is 4.83 Å². The maximum atomic E-state index is 12.1. The Balaban J connectivity index is 2.01. The van der Waals surface area contributed by atoms with Crippen LogP contribution in [0.4, 0.5) is 0 Å². The summed E-state index contributed by atoms with van der Waals surface area (Å²) < 4.78 is 29.1. The quantitative estimate of drug-likeness (QED) is 0.418. The van der Waals surface area contributed by atoms with Crippen LogP contribution >= 0.6 is 12.2 Å². The summed E-state index contributed by atoms with van der Waals surface area (Å²) in [4.78, 5) is 29.9. The molecule has 1 aromatic carbocycles. The van der Waals surface area contributed by atoms with Crippen molar-refractivity contribution in [3.05, 3.63) is 51.2 Å². The van der Waals surface area contributed by atoms with Crippen molar-refractivity contribution in [1.29, 1.82) is 0 Å². The van der Waals surface area contributed by atoms with Crippen molar-refractivity contribution >= 4 is 28.1 Å². The number of ether oxygens (including phenoxy) is 1. The fraction of sp³-hybridized carbons (Fsp3) is 0.154. The van der Waals surface area contributed by atoms with Gasteiger partial charge in [0.1, 0.15) is 5.75 Å². The summed E-state index contributed by atoms with van der Waals surface area (Å²) in [5.41, 5.74) is 1.86. The summed E-state index contributed by atoms with van der Waals surface area (Å²) in [5.74, 6) is -0.161. The zero-order chi connectivity index (χ0) is 17.7. The SMILES string of the molecule is COc1ccc(S(=O)(=O)NNC(=O)Cc2cc(=O)[nH]c(=S)[nH]2)cc1. The molecule has 0 saturated heterocycles. The number of benzene rings is 1. The van der Waals surface area contributed by atoms with Crippen LogP contribution in [0.5, 0.6) is 5.75 Å². The molecule has 4 N–H and O–H groups in total. The number of aromatic amines is 2. The van der Waals surface area contributed by atoms with E-state index in [2.05, 4.69) is 15.4 Å². The van der Waals surface area contributed by atoms with Crippen molar-refractivity contribution in [2.24, 2.45) is 0 Å². The monoisotopic (exact) mass is 370 g/mol. The molecule has 1 amide bonds. The number of hydrazine groups is 1. The molecule has 2 aromatic rings. The highest BCUT2D eigenvalue weighted by Crippen LogP contribution is 2.14. The number of nitrogens with one attached hydrogen (secondary N) is 4. The first-order valence-corrected chi connectivity index (χ1v) is 8.46. The third-order valence-electron chi connectivity index (χ3n) is 2.86. The van der Waals surface area contributed by atoms with Crippen molar-refractivity contribution < 1.29 is 17.9 Å². The second-order valence-corrected chi connectivity index (χ2v) is 6.71. The molecule has 11 heteroatoms. The van der Waals surface area contributed by atoms with Gasteiger partial charge in [-0.25, -0.2) is 8.42 Å². The number of hydrogen-bond donors (Lipinski definition) is 4. The van der Waals surface area contributed by atoms with Crippen LogP contribution in [-0.4, -0.2) is 31.4 Å². The van der Waals surface area contributed by atoms with Crippen molar-refractivity contribution in [3.8, 4) is 5.75 Å². The van der Waals surface area contributed by atoms with E-state index in [9.17, 15) is 18.0 Å². The minimum absolute atomic E-state index is 0.0424. The van der Waals surface area contributed by atoms with Crippen molar-refractivity contribution in [3.63, 3.8) is 0 Å². The maximum Gasteiger partial charge on any atom is 0.257 e. The topological polar surface area (TPSA) is 133 Å². The average Bonchev–Trinajstić information content (AvgIpc) is 2.52. The highest BCUT2D eigenvalue weighted by Gasteiger charge is 2.15. The Morgan fingerprint density at radius 1 is 1.25 bits per heavy atom. The summed E-state index contributed by atoms with van der Waals surface area (Å²) >= 11 is 4.78. The van der Waals surface area contributed by atoms with E-state index in [0.29, 0.717) is 5.75 Å². The fourth-order valence-electron chi connectivity index (χ4n) is 1.77. The maximum absolute atomic E-state index is 12.1. The highest BCUT2D eigenvalue weighted by atomic mass is 32.2. The smallest absolute Gasteiger partial charge is 0.257 e. The minimum Gasteiger partial charge on any atom is -0.497 e. The number of sulfonamides is 1. The molecule has 0 saturated carbocycles. The Morgan fingerprint density at radius 2 is 1.92 bits per heavy atom. The van der Waals surface area contributed by atoms with Gasteiger partial charge in [-0.15, -0.1) is 4.83 Å². The molecule has 0 bridgehead atoms. The molecule has 9 nitrogen and oxygen atoms in total. The van der Waals surface area contributed by atoms with E-state index in [-0.39, 0.29) is 21.8 Å². The standard InChI is InChI=1S/C13H14N4O5S2/c1-22-9-2-4-10(5-3-9)24(20,21)17-16-12(19)7-8-6-11(18)15-13(23)14-8/h2-6,17H,7H2,1H3,(H,16,19)(H2,14,15,18,23). The van der Waals surface area contributed by atoms with Gasteiger partial charge in [0, 0.05) is 11.8 Å². The largest absolute Gasteiger partial charge is 0.497 e. The Hall–Kier alpha value is -2.50.